The number of nitrogens with zero attached hydrogens (tertiary/aromatic N) is 1. The molecule has 0 fully saturated rings. The van der Waals surface area contributed by atoms with Crippen LogP contribution in [0.2, 0.25) is 10.0 Å². The van der Waals surface area contributed by atoms with Crippen molar-refractivity contribution < 1.29 is 4.79 Å². The van der Waals surface area contributed by atoms with Crippen molar-refractivity contribution in [3.63, 3.8) is 0 Å². The van der Waals surface area contributed by atoms with Crippen molar-refractivity contribution in [1.82, 2.24) is 4.98 Å². The van der Waals surface area contributed by atoms with Crippen molar-refractivity contribution in [3.05, 3.63) is 81.0 Å². The number of rotatable bonds is 5. The van der Waals surface area contributed by atoms with Gasteiger partial charge >= 0.3 is 0 Å². The first-order chi connectivity index (χ1) is 14.2. The van der Waals surface area contributed by atoms with Crippen LogP contribution in [-0.2, 0) is 4.79 Å². The number of aromatic nitrogens is 1. The second-order valence-electron chi connectivity index (χ2n) is 7.02. The van der Waals surface area contributed by atoms with E-state index in [9.17, 15) is 4.79 Å². The van der Waals surface area contributed by atoms with Crippen molar-refractivity contribution in [2.75, 3.05) is 16.4 Å². The Labute approximate surface area is 185 Å². The third-order valence-electron chi connectivity index (χ3n) is 4.52. The number of nitrogens with two attached hydrogens (primary N) is 1. The number of hydrogen-bond acceptors (Lipinski definition) is 4. The first-order valence-corrected chi connectivity index (χ1v) is 10.0. The van der Waals surface area contributed by atoms with Crippen molar-refractivity contribution in [2.24, 2.45) is 0 Å². The van der Waals surface area contributed by atoms with Crippen LogP contribution in [0.25, 0.3) is 6.08 Å². The summed E-state index contributed by atoms with van der Waals surface area (Å²) in [4.78, 5) is 16.8. The standard InChI is InChI=1S/C23H22Cl2N4O/c1-13-9-14(2)22(15(3)10-13)29-23-16(5-4-8-27-23)6-7-21(30)28-20-12-18(25)17(24)11-19(20)26/h4-12H,26H2,1-3H3,(H,27,29)(H,28,30)/b7-6+. The Hall–Kier alpha value is -3.02. The maximum absolute atomic E-state index is 12.4. The minimum absolute atomic E-state index is 0.313. The zero-order chi connectivity index (χ0) is 21.8. The van der Waals surface area contributed by atoms with Crippen molar-refractivity contribution in [2.45, 2.75) is 20.8 Å². The maximum atomic E-state index is 12.4. The zero-order valence-electron chi connectivity index (χ0n) is 16.9. The van der Waals surface area contributed by atoms with Crippen LogP contribution in [0.4, 0.5) is 22.9 Å². The Kier molecular flexibility index (Phi) is 6.65. The summed E-state index contributed by atoms with van der Waals surface area (Å²) in [6, 6.07) is 10.9. The van der Waals surface area contributed by atoms with Crippen LogP contribution in [0.5, 0.6) is 0 Å². The summed E-state index contributed by atoms with van der Waals surface area (Å²) >= 11 is 11.9. The molecule has 3 rings (SSSR count). The van der Waals surface area contributed by atoms with Gasteiger partial charge in [0.15, 0.2) is 0 Å². The van der Waals surface area contributed by atoms with Crippen molar-refractivity contribution in [1.29, 1.82) is 0 Å². The van der Waals surface area contributed by atoms with Gasteiger partial charge in [0.25, 0.3) is 0 Å². The number of carbonyl (C=O) groups is 1. The SMILES string of the molecule is Cc1cc(C)c(Nc2ncccc2/C=C/C(=O)Nc2cc(Cl)c(Cl)cc2N)c(C)c1. The molecule has 4 N–H and O–H groups in total. The Morgan fingerprint density at radius 2 is 1.73 bits per heavy atom. The highest BCUT2D eigenvalue weighted by molar-refractivity contribution is 6.42. The topological polar surface area (TPSA) is 80.0 Å². The van der Waals surface area contributed by atoms with Crippen LogP contribution >= 0.6 is 23.2 Å². The summed E-state index contributed by atoms with van der Waals surface area (Å²) in [5.41, 5.74) is 11.9. The lowest BCUT2D eigenvalue weighted by atomic mass is 10.0. The Bertz CT molecular complexity index is 1120. The molecule has 1 aromatic heterocycles. The Morgan fingerprint density at radius 3 is 2.43 bits per heavy atom. The van der Waals surface area contributed by atoms with Gasteiger partial charge in [-0.15, -0.1) is 0 Å². The fourth-order valence-electron chi connectivity index (χ4n) is 3.16. The number of aryl methyl sites for hydroxylation is 3. The molecular formula is C23H22Cl2N4O. The van der Waals surface area contributed by atoms with Gasteiger partial charge in [-0.3, -0.25) is 4.79 Å². The van der Waals surface area contributed by atoms with E-state index in [0.29, 0.717) is 27.2 Å². The van der Waals surface area contributed by atoms with Crippen molar-refractivity contribution in [3.8, 4) is 0 Å². The Morgan fingerprint density at radius 1 is 1.07 bits per heavy atom. The molecule has 5 nitrogen and oxygen atoms in total. The van der Waals surface area contributed by atoms with Gasteiger partial charge in [-0.05, 0) is 62.2 Å². The summed E-state index contributed by atoms with van der Waals surface area (Å²) in [7, 11) is 0. The van der Waals surface area contributed by atoms with E-state index in [0.717, 1.165) is 22.4 Å². The highest BCUT2D eigenvalue weighted by Gasteiger charge is 2.09. The monoisotopic (exact) mass is 440 g/mol. The van der Waals surface area contributed by atoms with Crippen LogP contribution in [0.15, 0.2) is 48.7 Å². The van der Waals surface area contributed by atoms with Gasteiger partial charge in [-0.25, -0.2) is 4.98 Å². The van der Waals surface area contributed by atoms with E-state index in [1.165, 1.54) is 23.8 Å². The number of amides is 1. The van der Waals surface area contributed by atoms with Gasteiger partial charge in [-0.1, -0.05) is 40.9 Å². The number of carbonyl (C=O) groups excluding carboxylic acids is 1. The number of hydrogen-bond donors (Lipinski definition) is 3. The van der Waals surface area contributed by atoms with Crippen LogP contribution in [0.1, 0.15) is 22.3 Å². The minimum Gasteiger partial charge on any atom is -0.397 e. The molecule has 0 aliphatic carbocycles. The molecule has 1 amide bonds. The number of nitrogen functional groups attached to an aromatic ring is 1. The second kappa shape index (κ2) is 9.20. The number of nitrogens with one attached hydrogen (secondary N) is 2. The summed E-state index contributed by atoms with van der Waals surface area (Å²) < 4.78 is 0. The molecule has 0 aliphatic rings. The van der Waals surface area contributed by atoms with E-state index in [1.807, 2.05) is 12.1 Å². The lowest BCUT2D eigenvalue weighted by Crippen LogP contribution is -2.10. The average molecular weight is 441 g/mol. The zero-order valence-corrected chi connectivity index (χ0v) is 18.4. The predicted octanol–water partition coefficient (Wildman–Crippen LogP) is 6.29. The predicted molar refractivity (Wildman–Crippen MR) is 127 cm³/mol. The normalized spacial score (nSPS) is 11.0. The molecular weight excluding hydrogens is 419 g/mol. The van der Waals surface area contributed by atoms with E-state index in [2.05, 4.69) is 48.5 Å². The smallest absolute Gasteiger partial charge is 0.248 e. The van der Waals surface area contributed by atoms with Gasteiger partial charge in [0.1, 0.15) is 5.82 Å². The molecule has 7 heteroatoms. The van der Waals surface area contributed by atoms with Gasteiger partial charge < -0.3 is 16.4 Å². The van der Waals surface area contributed by atoms with E-state index >= 15 is 0 Å². The molecule has 154 valence electrons. The van der Waals surface area contributed by atoms with Gasteiger partial charge in [0.05, 0.1) is 21.4 Å². The number of benzene rings is 2. The maximum Gasteiger partial charge on any atom is 0.248 e. The molecule has 0 unspecified atom stereocenters. The molecule has 0 aliphatic heterocycles. The van der Waals surface area contributed by atoms with E-state index in [4.69, 9.17) is 28.9 Å². The Balaban J connectivity index is 1.80. The largest absolute Gasteiger partial charge is 0.397 e. The van der Waals surface area contributed by atoms with E-state index in [-0.39, 0.29) is 5.91 Å². The summed E-state index contributed by atoms with van der Waals surface area (Å²) in [6.07, 6.45) is 4.81. The molecule has 30 heavy (non-hydrogen) atoms. The molecule has 0 spiro atoms. The number of pyridine rings is 1. The third-order valence-corrected chi connectivity index (χ3v) is 5.25. The third kappa shape index (κ3) is 5.12. The van der Waals surface area contributed by atoms with E-state index in [1.54, 1.807) is 12.3 Å². The van der Waals surface area contributed by atoms with Crippen LogP contribution in [0.3, 0.4) is 0 Å². The summed E-state index contributed by atoms with van der Waals surface area (Å²) in [5, 5.41) is 6.74. The lowest BCUT2D eigenvalue weighted by molar-refractivity contribution is -0.111. The summed E-state index contributed by atoms with van der Waals surface area (Å²) in [6.45, 7) is 6.17. The molecule has 0 atom stereocenters. The fourth-order valence-corrected chi connectivity index (χ4v) is 3.50. The number of anilines is 4. The van der Waals surface area contributed by atoms with Crippen LogP contribution < -0.4 is 16.4 Å². The highest BCUT2D eigenvalue weighted by Crippen LogP contribution is 2.31. The molecule has 2 aromatic carbocycles. The summed E-state index contributed by atoms with van der Waals surface area (Å²) in [5.74, 6) is 0.309. The van der Waals surface area contributed by atoms with Gasteiger partial charge in [-0.2, -0.15) is 0 Å². The molecule has 0 radical (unpaired) electrons. The van der Waals surface area contributed by atoms with E-state index < -0.39 is 0 Å². The molecule has 3 aromatic rings. The second-order valence-corrected chi connectivity index (χ2v) is 7.83. The first-order valence-electron chi connectivity index (χ1n) is 9.28. The van der Waals surface area contributed by atoms with Crippen LogP contribution in [-0.4, -0.2) is 10.9 Å². The molecule has 0 saturated carbocycles. The molecule has 0 bridgehead atoms. The van der Waals surface area contributed by atoms with Crippen LogP contribution in [0, 0.1) is 20.8 Å². The minimum atomic E-state index is -0.349. The fraction of sp³-hybridized carbons (Fsp3) is 0.130. The molecule has 1 heterocycles. The molecule has 0 saturated heterocycles. The quantitative estimate of drug-likeness (QED) is 0.321. The van der Waals surface area contributed by atoms with Gasteiger partial charge in [0.2, 0.25) is 5.91 Å². The first kappa shape index (κ1) is 21.7. The number of halogens is 2. The van der Waals surface area contributed by atoms with Gasteiger partial charge in [0, 0.05) is 23.5 Å². The van der Waals surface area contributed by atoms with Crippen molar-refractivity contribution >= 4 is 58.1 Å². The highest BCUT2D eigenvalue weighted by atomic mass is 35.5. The average Bonchev–Trinajstić information content (AvgIpc) is 2.68. The lowest BCUT2D eigenvalue weighted by Gasteiger charge is -2.14.